The number of carbonyl (C=O) groups is 1. The summed E-state index contributed by atoms with van der Waals surface area (Å²) in [4.78, 5) is 19.3. The van der Waals surface area contributed by atoms with Gasteiger partial charge in [0.1, 0.15) is 11.6 Å². The van der Waals surface area contributed by atoms with Crippen LogP contribution in [0.5, 0.6) is 0 Å². The van der Waals surface area contributed by atoms with Gasteiger partial charge in [0, 0.05) is 34.7 Å². The molecule has 0 spiro atoms. The fourth-order valence-corrected chi connectivity index (χ4v) is 3.90. The molecule has 0 unspecified atom stereocenters. The van der Waals surface area contributed by atoms with Gasteiger partial charge in [-0.05, 0) is 57.2 Å². The first kappa shape index (κ1) is 20.0. The Balaban J connectivity index is 1.45. The van der Waals surface area contributed by atoms with E-state index < -0.39 is 0 Å². The molecule has 1 amide bonds. The Bertz CT molecular complexity index is 1050. The number of aryl methyl sites for hydroxylation is 1. The summed E-state index contributed by atoms with van der Waals surface area (Å²) in [6.45, 7) is 2.99. The topological polar surface area (TPSA) is 94.1 Å². The van der Waals surface area contributed by atoms with E-state index >= 15 is 0 Å². The van der Waals surface area contributed by atoms with Crippen molar-refractivity contribution in [1.82, 2.24) is 29.0 Å². The van der Waals surface area contributed by atoms with E-state index in [4.69, 9.17) is 0 Å². The van der Waals surface area contributed by atoms with E-state index in [1.54, 1.807) is 18.1 Å². The Morgan fingerprint density at radius 3 is 2.80 bits per heavy atom. The number of likely N-dealkylation sites (N-methyl/N-ethyl adjacent to an activating group) is 1. The van der Waals surface area contributed by atoms with E-state index in [0.29, 0.717) is 13.1 Å². The van der Waals surface area contributed by atoms with Crippen molar-refractivity contribution in [3.63, 3.8) is 0 Å². The van der Waals surface area contributed by atoms with E-state index in [1.165, 1.54) is 0 Å². The smallest absolute Gasteiger partial charge is 0.238 e. The molecule has 0 radical (unpaired) electrons. The van der Waals surface area contributed by atoms with Crippen molar-refractivity contribution >= 4 is 35.2 Å². The summed E-state index contributed by atoms with van der Waals surface area (Å²) in [5.41, 5.74) is 1.77. The van der Waals surface area contributed by atoms with Gasteiger partial charge in [-0.2, -0.15) is 5.10 Å². The number of anilines is 2. The minimum Gasteiger partial charge on any atom is -0.325 e. The first-order valence-electron chi connectivity index (χ1n) is 9.49. The largest absolute Gasteiger partial charge is 0.325 e. The molecule has 0 bridgehead atoms. The maximum Gasteiger partial charge on any atom is 0.238 e. The van der Waals surface area contributed by atoms with Crippen LogP contribution in [0.2, 0.25) is 0 Å². The molecule has 10 heteroatoms. The van der Waals surface area contributed by atoms with Crippen molar-refractivity contribution in [1.29, 1.82) is 0 Å². The van der Waals surface area contributed by atoms with Gasteiger partial charge in [-0.15, -0.1) is 0 Å². The Hall–Kier alpha value is -3.24. The second-order valence-corrected chi connectivity index (χ2v) is 8.39. The van der Waals surface area contributed by atoms with Gasteiger partial charge in [0.15, 0.2) is 5.82 Å². The molecule has 3 aromatic rings. The third-order valence-corrected chi connectivity index (χ3v) is 5.28. The van der Waals surface area contributed by atoms with Crippen LogP contribution in [0.25, 0.3) is 5.82 Å². The van der Waals surface area contributed by atoms with E-state index in [-0.39, 0.29) is 5.91 Å². The second kappa shape index (κ2) is 8.64. The molecule has 0 saturated heterocycles. The number of benzene rings is 1. The number of rotatable bonds is 7. The van der Waals surface area contributed by atoms with Gasteiger partial charge in [0.2, 0.25) is 5.91 Å². The lowest BCUT2D eigenvalue weighted by molar-refractivity contribution is -0.116. The number of hydrogen-bond donors (Lipinski definition) is 3. The zero-order chi connectivity index (χ0) is 21.1. The summed E-state index contributed by atoms with van der Waals surface area (Å²) in [5.74, 6) is 2.53. The predicted octanol–water partition coefficient (Wildman–Crippen LogP) is 2.81. The molecule has 2 aromatic heterocycles. The maximum atomic E-state index is 11.9. The monoisotopic (exact) mass is 424 g/mol. The van der Waals surface area contributed by atoms with Crippen LogP contribution in [0.4, 0.5) is 11.5 Å². The fraction of sp³-hybridized carbons (Fsp3) is 0.250. The minimum atomic E-state index is -0.0319. The van der Waals surface area contributed by atoms with Gasteiger partial charge in [0.05, 0.1) is 19.3 Å². The molecular weight excluding hydrogens is 400 g/mol. The van der Waals surface area contributed by atoms with Crippen LogP contribution < -0.4 is 10.6 Å². The third-order valence-electron chi connectivity index (χ3n) is 4.32. The quantitative estimate of drug-likeness (QED) is 0.502. The Morgan fingerprint density at radius 2 is 2.10 bits per heavy atom. The number of nitrogens with zero attached hydrogens (tertiary/aromatic N) is 5. The maximum absolute atomic E-state index is 11.9. The molecule has 156 valence electrons. The molecule has 1 aliphatic rings. The van der Waals surface area contributed by atoms with Crippen molar-refractivity contribution in [2.24, 2.45) is 0 Å². The van der Waals surface area contributed by atoms with Gasteiger partial charge in [0.25, 0.3) is 0 Å². The Morgan fingerprint density at radius 1 is 1.30 bits per heavy atom. The average Bonchev–Trinajstić information content (AvgIpc) is 3.31. The zero-order valence-corrected chi connectivity index (χ0v) is 17.9. The number of aromatic nitrogens is 4. The summed E-state index contributed by atoms with van der Waals surface area (Å²) in [7, 11) is 3.74. The summed E-state index contributed by atoms with van der Waals surface area (Å²) in [6.07, 6.45) is 5.76. The van der Waals surface area contributed by atoms with E-state index in [2.05, 4.69) is 30.1 Å². The highest BCUT2D eigenvalue weighted by molar-refractivity contribution is 7.97. The number of hydrogen-bond acceptors (Lipinski definition) is 7. The molecule has 0 atom stereocenters. The molecule has 4 rings (SSSR count). The molecule has 3 N–H and O–H groups in total. The first-order chi connectivity index (χ1) is 14.5. The summed E-state index contributed by atoms with van der Waals surface area (Å²) >= 11 is 1.60. The third kappa shape index (κ3) is 4.84. The lowest BCUT2D eigenvalue weighted by atomic mass is 10.3. The van der Waals surface area contributed by atoms with Crippen LogP contribution in [0.3, 0.4) is 0 Å². The lowest BCUT2D eigenvalue weighted by Crippen LogP contribution is -2.27. The van der Waals surface area contributed by atoms with Crippen molar-refractivity contribution in [3.8, 4) is 0 Å². The van der Waals surface area contributed by atoms with E-state index in [1.807, 2.05) is 73.2 Å². The molecule has 1 aliphatic heterocycles. The molecule has 3 heterocycles. The van der Waals surface area contributed by atoms with Crippen LogP contribution in [0.15, 0.2) is 53.8 Å². The van der Waals surface area contributed by atoms with Crippen molar-refractivity contribution < 1.29 is 4.79 Å². The van der Waals surface area contributed by atoms with Crippen LogP contribution in [0.1, 0.15) is 11.5 Å². The van der Waals surface area contributed by atoms with Crippen LogP contribution >= 0.6 is 11.9 Å². The minimum absolute atomic E-state index is 0.0319. The number of fused-ring (bicyclic) bond motifs is 1. The number of H-pyrrole nitrogens is 1. The first-order valence-corrected chi connectivity index (χ1v) is 10.3. The molecule has 0 aliphatic carbocycles. The predicted molar refractivity (Wildman–Crippen MR) is 118 cm³/mol. The molecule has 0 saturated carbocycles. The van der Waals surface area contributed by atoms with E-state index in [9.17, 15) is 4.79 Å². The number of carbonyl (C=O) groups excluding carboxylic acids is 1. The Labute approximate surface area is 179 Å². The molecule has 30 heavy (non-hydrogen) atoms. The molecule has 9 nitrogen and oxygen atoms in total. The highest BCUT2D eigenvalue weighted by Crippen LogP contribution is 2.30. The van der Waals surface area contributed by atoms with Crippen molar-refractivity contribution in [2.75, 3.05) is 31.3 Å². The van der Waals surface area contributed by atoms with Crippen molar-refractivity contribution in [3.05, 3.63) is 60.4 Å². The average molecular weight is 425 g/mol. The normalized spacial score (nSPS) is 13.2. The number of imidazole rings is 1. The van der Waals surface area contributed by atoms with Crippen LogP contribution in [-0.4, -0.2) is 55.5 Å². The molecule has 1 aromatic carbocycles. The van der Waals surface area contributed by atoms with Crippen molar-refractivity contribution in [2.45, 2.75) is 18.4 Å². The summed E-state index contributed by atoms with van der Waals surface area (Å²) < 4.78 is 4.13. The summed E-state index contributed by atoms with van der Waals surface area (Å²) in [6, 6.07) is 9.77. The Kier molecular flexibility index (Phi) is 5.77. The van der Waals surface area contributed by atoms with Gasteiger partial charge >= 0.3 is 0 Å². The highest BCUT2D eigenvalue weighted by Gasteiger charge is 2.19. The van der Waals surface area contributed by atoms with Crippen LogP contribution in [-0.2, 0) is 11.3 Å². The highest BCUT2D eigenvalue weighted by atomic mass is 32.2. The fourth-order valence-electron chi connectivity index (χ4n) is 3.04. The summed E-state index contributed by atoms with van der Waals surface area (Å²) in [5, 5.41) is 13.4. The van der Waals surface area contributed by atoms with Crippen LogP contribution in [0, 0.1) is 6.92 Å². The number of nitrogens with one attached hydrogen (secondary N) is 3. The van der Waals surface area contributed by atoms with Gasteiger partial charge in [-0.1, -0.05) is 0 Å². The standard InChI is InChI=1S/C20H24N8OS/c1-14-10-17(25-24-14)23-19-12-27(11-18-21-8-9-28(18)19)30-16-6-4-15(5-7-16)22-20(29)13-26(2)3/h4-10,12H,11,13H2,1-3H3,(H,22,29)(H2,23,24,25). The van der Waals surface area contributed by atoms with Gasteiger partial charge < -0.3 is 19.8 Å². The number of amides is 1. The SMILES string of the molecule is Cc1cc(NC2=CN(Sc3ccc(NC(=O)CN(C)C)cc3)Cc3nccn32)n[nH]1. The van der Waals surface area contributed by atoms with Gasteiger partial charge in [-0.25, -0.2) is 4.98 Å². The van der Waals surface area contributed by atoms with E-state index in [0.717, 1.165) is 33.7 Å². The molecule has 0 fully saturated rings. The number of aromatic amines is 1. The van der Waals surface area contributed by atoms with Gasteiger partial charge in [-0.3, -0.25) is 14.5 Å². The second-order valence-electron chi connectivity index (χ2n) is 7.27. The molecular formula is C20H24N8OS. The zero-order valence-electron chi connectivity index (χ0n) is 17.1. The lowest BCUT2D eigenvalue weighted by Gasteiger charge is -2.26.